The van der Waals surface area contributed by atoms with Crippen molar-refractivity contribution in [2.24, 2.45) is 46.3 Å². The molecule has 5 rings (SSSR count). The molecule has 0 aromatic carbocycles. The number of aliphatic hydroxyl groups excluding tert-OH is 5. The normalized spacial score (nSPS) is 51.2. The average molecular weight is 569 g/mol. The molecule has 4 saturated carbocycles. The highest BCUT2D eigenvalue weighted by atomic mass is 16.7. The van der Waals surface area contributed by atoms with Crippen LogP contribution in [0.5, 0.6) is 0 Å². The van der Waals surface area contributed by atoms with Crippen LogP contribution in [0.1, 0.15) is 85.0 Å². The second-order valence-electron chi connectivity index (χ2n) is 14.2. The molecule has 5 aliphatic rings. The summed E-state index contributed by atoms with van der Waals surface area (Å²) in [6, 6.07) is 0. The van der Waals surface area contributed by atoms with E-state index in [0.717, 1.165) is 51.4 Å². The van der Waals surface area contributed by atoms with Gasteiger partial charge in [0.15, 0.2) is 6.10 Å². The van der Waals surface area contributed by atoms with E-state index in [0.29, 0.717) is 30.1 Å². The van der Waals surface area contributed by atoms with Gasteiger partial charge in [-0.3, -0.25) is 4.79 Å². The summed E-state index contributed by atoms with van der Waals surface area (Å²) in [4.78, 5) is 24.0. The zero-order valence-corrected chi connectivity index (χ0v) is 23.9. The Balaban J connectivity index is 1.20. The van der Waals surface area contributed by atoms with E-state index < -0.39 is 42.6 Å². The Kier molecular flexibility index (Phi) is 8.36. The van der Waals surface area contributed by atoms with Crippen molar-refractivity contribution in [1.29, 1.82) is 0 Å². The van der Waals surface area contributed by atoms with Crippen molar-refractivity contribution in [3.05, 3.63) is 0 Å². The number of aliphatic hydroxyl groups is 5. The molecular formula is C30H48O10. The second-order valence-corrected chi connectivity index (χ2v) is 14.2. The zero-order chi connectivity index (χ0) is 29.1. The summed E-state index contributed by atoms with van der Waals surface area (Å²) in [6.07, 6.45) is -1.15. The largest absolute Gasteiger partial charge is 0.479 e. The van der Waals surface area contributed by atoms with E-state index in [4.69, 9.17) is 9.47 Å². The molecule has 1 saturated heterocycles. The molecule has 1 heterocycles. The van der Waals surface area contributed by atoms with E-state index in [1.165, 1.54) is 0 Å². The highest BCUT2D eigenvalue weighted by Crippen LogP contribution is 2.68. The van der Waals surface area contributed by atoms with Gasteiger partial charge in [0.25, 0.3) is 0 Å². The fourth-order valence-electron chi connectivity index (χ4n) is 10.1. The van der Waals surface area contributed by atoms with Gasteiger partial charge in [-0.15, -0.1) is 0 Å². The first-order valence-corrected chi connectivity index (χ1v) is 15.3. The van der Waals surface area contributed by atoms with Crippen LogP contribution >= 0.6 is 0 Å². The summed E-state index contributed by atoms with van der Waals surface area (Å²) in [7, 11) is 0. The van der Waals surface area contributed by atoms with E-state index >= 15 is 0 Å². The number of carboxylic acid groups (broad SMARTS) is 1. The van der Waals surface area contributed by atoms with Crippen LogP contribution in [-0.4, -0.2) is 85.5 Å². The minimum absolute atomic E-state index is 0.0537. The molecule has 10 heteroatoms. The molecular weight excluding hydrogens is 520 g/mol. The van der Waals surface area contributed by atoms with Crippen molar-refractivity contribution in [3.8, 4) is 0 Å². The third-order valence-electron chi connectivity index (χ3n) is 12.3. The van der Waals surface area contributed by atoms with Gasteiger partial charge in [0, 0.05) is 6.42 Å². The number of rotatable bonds is 6. The number of carboxylic acids is 1. The van der Waals surface area contributed by atoms with Gasteiger partial charge in [0.2, 0.25) is 6.29 Å². The van der Waals surface area contributed by atoms with Crippen LogP contribution in [0.2, 0.25) is 0 Å². The van der Waals surface area contributed by atoms with Crippen LogP contribution < -0.4 is 0 Å². The molecule has 40 heavy (non-hydrogen) atoms. The highest BCUT2D eigenvalue weighted by molar-refractivity contribution is 5.73. The van der Waals surface area contributed by atoms with Gasteiger partial charge in [-0.25, -0.2) is 4.79 Å². The molecule has 10 nitrogen and oxygen atoms in total. The Morgan fingerprint density at radius 1 is 0.900 bits per heavy atom. The lowest BCUT2D eigenvalue weighted by atomic mass is 9.43. The van der Waals surface area contributed by atoms with Gasteiger partial charge in [0.1, 0.15) is 18.3 Å². The monoisotopic (exact) mass is 568 g/mol. The Labute approximate surface area is 236 Å². The molecule has 0 unspecified atom stereocenters. The topological polar surface area (TPSA) is 174 Å². The maximum absolute atomic E-state index is 12.7. The van der Waals surface area contributed by atoms with Crippen molar-refractivity contribution >= 4 is 11.9 Å². The number of hydrogen-bond donors (Lipinski definition) is 6. The van der Waals surface area contributed by atoms with Gasteiger partial charge in [-0.05, 0) is 104 Å². The first-order chi connectivity index (χ1) is 18.8. The smallest absolute Gasteiger partial charge is 0.335 e. The van der Waals surface area contributed by atoms with E-state index in [1.54, 1.807) is 0 Å². The Hall–Kier alpha value is -1.30. The van der Waals surface area contributed by atoms with E-state index in [1.807, 2.05) is 0 Å². The molecule has 0 aromatic heterocycles. The predicted molar refractivity (Wildman–Crippen MR) is 141 cm³/mol. The van der Waals surface area contributed by atoms with Crippen LogP contribution in [0.15, 0.2) is 0 Å². The lowest BCUT2D eigenvalue weighted by Gasteiger charge is -2.62. The number of carbonyl (C=O) groups excluding carboxylic acids is 1. The standard InChI is InChI=1S/C30H48O10/c1-14(4-7-21(33)39-28-25(36)23(34)24(35)26(40-28)27(37)38)17-5-6-18-22-19(9-11-30(17,18)3)29(2)10-8-16(31)12-15(29)13-20(22)32/h14-20,22-26,28,31-32,34-36H,4-13H2,1-3H3,(H,37,38)/t14-,15+,16-,17-,18+,19+,20+,22+,23-,24-,25-,26+,28+,29+,30-/m1/s1. The van der Waals surface area contributed by atoms with Crippen LogP contribution in [-0.2, 0) is 19.1 Å². The quantitative estimate of drug-likeness (QED) is 0.259. The molecule has 15 atom stereocenters. The van der Waals surface area contributed by atoms with Crippen LogP contribution in [0, 0.1) is 46.3 Å². The second kappa shape index (κ2) is 11.1. The van der Waals surface area contributed by atoms with Gasteiger partial charge in [-0.2, -0.15) is 0 Å². The maximum Gasteiger partial charge on any atom is 0.335 e. The van der Waals surface area contributed by atoms with Gasteiger partial charge >= 0.3 is 11.9 Å². The number of ether oxygens (including phenoxy) is 2. The Bertz CT molecular complexity index is 959. The third kappa shape index (κ3) is 5.00. The predicted octanol–water partition coefficient (Wildman–Crippen LogP) is 1.83. The van der Waals surface area contributed by atoms with Crippen molar-refractivity contribution < 1.29 is 49.7 Å². The summed E-state index contributed by atoms with van der Waals surface area (Å²) in [6.45, 7) is 6.93. The molecule has 4 aliphatic carbocycles. The van der Waals surface area contributed by atoms with E-state index in [2.05, 4.69) is 20.8 Å². The number of aliphatic carboxylic acids is 1. The fourth-order valence-corrected chi connectivity index (χ4v) is 10.1. The van der Waals surface area contributed by atoms with Gasteiger partial charge in [0.05, 0.1) is 12.2 Å². The molecule has 0 radical (unpaired) electrons. The van der Waals surface area contributed by atoms with E-state index in [-0.39, 0.29) is 41.3 Å². The average Bonchev–Trinajstić information content (AvgIpc) is 3.25. The minimum Gasteiger partial charge on any atom is -0.479 e. The zero-order valence-electron chi connectivity index (χ0n) is 23.9. The molecule has 0 aromatic rings. The Morgan fingerprint density at radius 2 is 1.57 bits per heavy atom. The number of hydrogen-bond acceptors (Lipinski definition) is 9. The lowest BCUT2D eigenvalue weighted by Crippen LogP contribution is -2.60. The van der Waals surface area contributed by atoms with Crippen LogP contribution in [0.4, 0.5) is 0 Å². The minimum atomic E-state index is -1.84. The maximum atomic E-state index is 12.7. The van der Waals surface area contributed by atoms with E-state index in [9.17, 15) is 40.2 Å². The molecule has 6 N–H and O–H groups in total. The summed E-state index contributed by atoms with van der Waals surface area (Å²) >= 11 is 0. The van der Waals surface area contributed by atoms with Gasteiger partial charge < -0.3 is 40.1 Å². The Morgan fingerprint density at radius 3 is 2.27 bits per heavy atom. The fraction of sp³-hybridized carbons (Fsp3) is 0.933. The summed E-state index contributed by atoms with van der Waals surface area (Å²) in [5, 5.41) is 60.9. The number of fused-ring (bicyclic) bond motifs is 5. The van der Waals surface area contributed by atoms with Crippen molar-refractivity contribution in [3.63, 3.8) is 0 Å². The molecule has 0 amide bonds. The van der Waals surface area contributed by atoms with Gasteiger partial charge in [-0.1, -0.05) is 20.8 Å². The first-order valence-electron chi connectivity index (χ1n) is 15.3. The van der Waals surface area contributed by atoms with Crippen molar-refractivity contribution in [1.82, 2.24) is 0 Å². The first kappa shape index (κ1) is 30.2. The van der Waals surface area contributed by atoms with Crippen molar-refractivity contribution in [2.75, 3.05) is 0 Å². The van der Waals surface area contributed by atoms with Crippen LogP contribution in [0.25, 0.3) is 0 Å². The lowest BCUT2D eigenvalue weighted by molar-refractivity contribution is -0.286. The summed E-state index contributed by atoms with van der Waals surface area (Å²) in [5.74, 6) is -0.0366. The number of carbonyl (C=O) groups is 2. The summed E-state index contributed by atoms with van der Waals surface area (Å²) in [5.41, 5.74) is 0.243. The third-order valence-corrected chi connectivity index (χ3v) is 12.3. The van der Waals surface area contributed by atoms with Crippen molar-refractivity contribution in [2.45, 2.75) is 128 Å². The molecule has 5 fully saturated rings. The highest BCUT2D eigenvalue weighted by Gasteiger charge is 2.63. The summed E-state index contributed by atoms with van der Waals surface area (Å²) < 4.78 is 10.3. The molecule has 1 aliphatic heterocycles. The van der Waals surface area contributed by atoms with Crippen LogP contribution in [0.3, 0.4) is 0 Å². The molecule has 0 spiro atoms. The molecule has 0 bridgehead atoms. The molecule has 228 valence electrons. The number of esters is 1. The SMILES string of the molecule is C[C@H](CCC(=O)O[C@H]1O[C@H](C(=O)O)[C@H](O)[C@@H](O)[C@H]1O)[C@H]1CC[C@H]2[C@@H]3[C@@H](O)C[C@@H]4C[C@H](O)CC[C@]4(C)[C@H]3CC[C@]12C.